The molecule has 0 atom stereocenters. The Morgan fingerprint density at radius 3 is 2.11 bits per heavy atom. The summed E-state index contributed by atoms with van der Waals surface area (Å²) in [6.07, 6.45) is 0. The van der Waals surface area contributed by atoms with Gasteiger partial charge in [0.15, 0.2) is 0 Å². The molecule has 2 aromatic carbocycles. The molecular weight excluding hydrogens is 232 g/mol. The highest BCUT2D eigenvalue weighted by atomic mass is 28.3. The molecule has 1 heterocycles. The highest BCUT2D eigenvalue weighted by molar-refractivity contribution is 7.03. The predicted molar refractivity (Wildman–Crippen MR) is 82.8 cm³/mol. The van der Waals surface area contributed by atoms with Crippen molar-refractivity contribution in [1.82, 2.24) is 0 Å². The summed E-state index contributed by atoms with van der Waals surface area (Å²) in [6.45, 7) is 11.7. The van der Waals surface area contributed by atoms with Crippen LogP contribution in [0.15, 0.2) is 30.3 Å². The molecule has 0 N–H and O–H groups in total. The first-order valence-corrected chi connectivity index (χ1v) is 9.65. The molecule has 1 aliphatic rings. The van der Waals surface area contributed by atoms with E-state index < -0.39 is 8.07 Å². The van der Waals surface area contributed by atoms with Gasteiger partial charge in [-0.3, -0.25) is 0 Å². The molecule has 0 saturated heterocycles. The SMILES string of the molecule is Cc1ccc2c(c1C)-c1c(C)cccc1[Si]2(C)C. The molecule has 0 saturated carbocycles. The summed E-state index contributed by atoms with van der Waals surface area (Å²) in [5, 5.41) is 3.24. The van der Waals surface area contributed by atoms with Gasteiger partial charge >= 0.3 is 0 Å². The zero-order valence-corrected chi connectivity index (χ0v) is 12.9. The largest absolute Gasteiger partial charge is 0.113 e. The smallest absolute Gasteiger partial charge is 0.0621 e. The molecule has 1 heteroatoms. The van der Waals surface area contributed by atoms with Crippen LogP contribution < -0.4 is 10.4 Å². The van der Waals surface area contributed by atoms with E-state index in [0.29, 0.717) is 0 Å². The zero-order valence-electron chi connectivity index (χ0n) is 11.9. The molecule has 3 rings (SSSR count). The minimum absolute atomic E-state index is 1.41. The van der Waals surface area contributed by atoms with Crippen molar-refractivity contribution in [1.29, 1.82) is 0 Å². The van der Waals surface area contributed by atoms with Crippen LogP contribution in [-0.2, 0) is 0 Å². The number of aryl methyl sites for hydroxylation is 2. The monoisotopic (exact) mass is 252 g/mol. The fourth-order valence-corrected chi connectivity index (χ4v) is 6.51. The number of hydrogen-bond acceptors (Lipinski definition) is 0. The first kappa shape index (κ1) is 11.7. The molecule has 0 fully saturated rings. The van der Waals surface area contributed by atoms with Gasteiger partial charge in [-0.2, -0.15) is 0 Å². The maximum absolute atomic E-state index is 2.48. The van der Waals surface area contributed by atoms with Gasteiger partial charge in [0.05, 0.1) is 0 Å². The second-order valence-electron chi connectivity index (χ2n) is 6.05. The van der Waals surface area contributed by atoms with Gasteiger partial charge in [-0.15, -0.1) is 0 Å². The molecule has 0 bridgehead atoms. The third-order valence-corrected chi connectivity index (χ3v) is 8.13. The summed E-state index contributed by atoms with van der Waals surface area (Å²) in [7, 11) is -1.47. The van der Waals surface area contributed by atoms with E-state index in [1.807, 2.05) is 0 Å². The summed E-state index contributed by atoms with van der Waals surface area (Å²) in [6, 6.07) is 11.5. The summed E-state index contributed by atoms with van der Waals surface area (Å²) < 4.78 is 0. The number of rotatable bonds is 0. The van der Waals surface area contributed by atoms with E-state index in [9.17, 15) is 0 Å². The molecule has 2 aromatic rings. The predicted octanol–water partition coefficient (Wildman–Crippen LogP) is 3.41. The van der Waals surface area contributed by atoms with Crippen LogP contribution in [-0.4, -0.2) is 8.07 Å². The van der Waals surface area contributed by atoms with E-state index >= 15 is 0 Å². The minimum atomic E-state index is -1.47. The van der Waals surface area contributed by atoms with Gasteiger partial charge in [-0.05, 0) is 59.0 Å². The first-order valence-electron chi connectivity index (χ1n) is 6.65. The Bertz CT molecular complexity index is 651. The van der Waals surface area contributed by atoms with Crippen LogP contribution in [0.4, 0.5) is 0 Å². The van der Waals surface area contributed by atoms with E-state index in [-0.39, 0.29) is 0 Å². The maximum atomic E-state index is 2.48. The third-order valence-electron chi connectivity index (χ3n) is 4.61. The number of fused-ring (bicyclic) bond motifs is 3. The van der Waals surface area contributed by atoms with Crippen molar-refractivity contribution in [2.24, 2.45) is 0 Å². The van der Waals surface area contributed by atoms with E-state index in [0.717, 1.165) is 0 Å². The van der Waals surface area contributed by atoms with E-state index in [1.54, 1.807) is 15.9 Å². The van der Waals surface area contributed by atoms with Crippen LogP contribution in [0.25, 0.3) is 11.1 Å². The fourth-order valence-electron chi connectivity index (χ4n) is 3.32. The van der Waals surface area contributed by atoms with Gasteiger partial charge in [0, 0.05) is 0 Å². The van der Waals surface area contributed by atoms with Gasteiger partial charge in [-0.25, -0.2) is 0 Å². The molecule has 92 valence electrons. The first-order chi connectivity index (χ1) is 8.44. The van der Waals surface area contributed by atoms with Crippen molar-refractivity contribution in [2.75, 3.05) is 0 Å². The van der Waals surface area contributed by atoms with Crippen molar-refractivity contribution in [3.63, 3.8) is 0 Å². The molecule has 0 nitrogen and oxygen atoms in total. The molecule has 0 aliphatic carbocycles. The van der Waals surface area contributed by atoms with Crippen LogP contribution in [0.3, 0.4) is 0 Å². The third kappa shape index (κ3) is 1.31. The molecule has 0 radical (unpaired) electrons. The normalized spacial score (nSPS) is 15.4. The lowest BCUT2D eigenvalue weighted by atomic mass is 9.94. The Kier molecular flexibility index (Phi) is 2.33. The maximum Gasteiger partial charge on any atom is 0.113 e. The van der Waals surface area contributed by atoms with Crippen LogP contribution in [0.2, 0.25) is 13.1 Å². The van der Waals surface area contributed by atoms with E-state index in [2.05, 4.69) is 64.2 Å². The summed E-state index contributed by atoms with van der Waals surface area (Å²) >= 11 is 0. The topological polar surface area (TPSA) is 0 Å². The molecule has 0 aromatic heterocycles. The quantitative estimate of drug-likeness (QED) is 0.630. The van der Waals surface area contributed by atoms with Crippen molar-refractivity contribution >= 4 is 18.4 Å². The molecule has 0 spiro atoms. The average Bonchev–Trinajstić information content (AvgIpc) is 2.55. The molecule has 0 unspecified atom stereocenters. The highest BCUT2D eigenvalue weighted by Gasteiger charge is 2.38. The molecule has 0 amide bonds. The van der Waals surface area contributed by atoms with Gasteiger partial charge < -0.3 is 0 Å². The lowest BCUT2D eigenvalue weighted by molar-refractivity contribution is 1.35. The van der Waals surface area contributed by atoms with Crippen LogP contribution in [0.1, 0.15) is 16.7 Å². The summed E-state index contributed by atoms with van der Waals surface area (Å²) in [4.78, 5) is 0. The van der Waals surface area contributed by atoms with Gasteiger partial charge in [0.1, 0.15) is 8.07 Å². The minimum Gasteiger partial charge on any atom is -0.0621 e. The lowest BCUT2D eigenvalue weighted by Gasteiger charge is -2.19. The van der Waals surface area contributed by atoms with Crippen molar-refractivity contribution in [3.8, 4) is 11.1 Å². The zero-order chi connectivity index (χ0) is 13.1. The highest BCUT2D eigenvalue weighted by Crippen LogP contribution is 2.34. The van der Waals surface area contributed by atoms with Gasteiger partial charge in [-0.1, -0.05) is 43.4 Å². The Hall–Kier alpha value is -1.34. The Morgan fingerprint density at radius 1 is 0.722 bits per heavy atom. The van der Waals surface area contributed by atoms with E-state index in [1.165, 1.54) is 22.3 Å². The Morgan fingerprint density at radius 2 is 1.39 bits per heavy atom. The summed E-state index contributed by atoms with van der Waals surface area (Å²) in [5.41, 5.74) is 7.39. The van der Waals surface area contributed by atoms with E-state index in [4.69, 9.17) is 0 Å². The Balaban J connectivity index is 2.50. The lowest BCUT2D eigenvalue weighted by Crippen LogP contribution is -2.49. The molecule has 1 aliphatic heterocycles. The average molecular weight is 252 g/mol. The second-order valence-corrected chi connectivity index (χ2v) is 10.4. The number of hydrogen-bond donors (Lipinski definition) is 0. The Labute approximate surface area is 111 Å². The van der Waals surface area contributed by atoms with Crippen LogP contribution in [0.5, 0.6) is 0 Å². The van der Waals surface area contributed by atoms with Crippen molar-refractivity contribution in [3.05, 3.63) is 47.0 Å². The molecule has 18 heavy (non-hydrogen) atoms. The standard InChI is InChI=1S/C17H20Si/c1-11-9-10-15-17(13(11)3)16-12(2)7-6-8-14(16)18(15,4)5/h6-10H,1-5H3. The van der Waals surface area contributed by atoms with Gasteiger partial charge in [0.2, 0.25) is 0 Å². The van der Waals surface area contributed by atoms with Crippen LogP contribution in [0, 0.1) is 20.8 Å². The number of benzene rings is 2. The molecular formula is C17H20Si. The second kappa shape index (κ2) is 3.58. The summed E-state index contributed by atoms with van der Waals surface area (Å²) in [5.74, 6) is 0. The van der Waals surface area contributed by atoms with Gasteiger partial charge in [0.25, 0.3) is 0 Å². The van der Waals surface area contributed by atoms with Crippen LogP contribution >= 0.6 is 0 Å². The van der Waals surface area contributed by atoms with Crippen molar-refractivity contribution < 1.29 is 0 Å². The van der Waals surface area contributed by atoms with Crippen molar-refractivity contribution in [2.45, 2.75) is 33.9 Å². The fraction of sp³-hybridized carbons (Fsp3) is 0.294.